The molecule has 0 atom stereocenters. The van der Waals surface area contributed by atoms with Crippen molar-refractivity contribution in [2.75, 3.05) is 24.5 Å². The van der Waals surface area contributed by atoms with Crippen molar-refractivity contribution in [3.05, 3.63) is 29.8 Å². The molecule has 4 rings (SSSR count). The van der Waals surface area contributed by atoms with Crippen LogP contribution in [0.1, 0.15) is 44.1 Å². The largest absolute Gasteiger partial charge is 0.332 e. The molecule has 3 amide bonds. The Labute approximate surface area is 136 Å². The fourth-order valence-electron chi connectivity index (χ4n) is 4.02. The molecule has 1 aliphatic carbocycles. The normalized spacial score (nSPS) is 23.9. The molecule has 3 aliphatic rings. The summed E-state index contributed by atoms with van der Waals surface area (Å²) in [4.78, 5) is 29.2. The zero-order chi connectivity index (χ0) is 16.0. The minimum atomic E-state index is -0.647. The molecule has 2 heterocycles. The minimum Gasteiger partial charge on any atom is -0.317 e. The van der Waals surface area contributed by atoms with Crippen LogP contribution in [0.3, 0.4) is 0 Å². The lowest BCUT2D eigenvalue weighted by molar-refractivity contribution is -0.126. The lowest BCUT2D eigenvalue weighted by Gasteiger charge is -2.37. The number of benzene rings is 1. The zero-order valence-corrected chi connectivity index (χ0v) is 13.5. The van der Waals surface area contributed by atoms with Gasteiger partial charge in [-0.05, 0) is 69.3 Å². The van der Waals surface area contributed by atoms with Gasteiger partial charge in [0.25, 0.3) is 5.91 Å². The third-order valence-corrected chi connectivity index (χ3v) is 5.49. The van der Waals surface area contributed by atoms with Gasteiger partial charge in [-0.3, -0.25) is 4.79 Å². The predicted molar refractivity (Wildman–Crippen MR) is 88.5 cm³/mol. The molecule has 1 aromatic carbocycles. The molecule has 2 saturated heterocycles. The summed E-state index contributed by atoms with van der Waals surface area (Å²) in [6.07, 6.45) is 3.89. The van der Waals surface area contributed by atoms with E-state index in [1.165, 1.54) is 23.3 Å². The number of carbonyl (C=O) groups excluding carboxylic acids is 2. The van der Waals surface area contributed by atoms with Crippen LogP contribution in [-0.2, 0) is 4.79 Å². The van der Waals surface area contributed by atoms with E-state index in [0.29, 0.717) is 31.0 Å². The van der Waals surface area contributed by atoms with Gasteiger partial charge in [-0.25, -0.2) is 9.69 Å². The number of rotatable bonds is 3. The fourth-order valence-corrected chi connectivity index (χ4v) is 4.02. The van der Waals surface area contributed by atoms with Gasteiger partial charge in [0.1, 0.15) is 5.54 Å². The highest BCUT2D eigenvalue weighted by atomic mass is 16.2. The number of hydrogen-bond donors (Lipinski definition) is 1. The SMILES string of the molecule is CCN1C(=O)N(c2ccc(C3CC3)cc2)C(=O)C12CCNCC2. The van der Waals surface area contributed by atoms with Gasteiger partial charge >= 0.3 is 6.03 Å². The molecule has 0 aromatic heterocycles. The van der Waals surface area contributed by atoms with Gasteiger partial charge in [0.05, 0.1) is 5.69 Å². The van der Waals surface area contributed by atoms with E-state index in [0.717, 1.165) is 13.1 Å². The van der Waals surface area contributed by atoms with Crippen molar-refractivity contribution in [3.63, 3.8) is 0 Å². The first-order valence-electron chi connectivity index (χ1n) is 8.64. The number of likely N-dealkylation sites (N-methyl/N-ethyl adjacent to an activating group) is 1. The Morgan fingerprint density at radius 3 is 2.35 bits per heavy atom. The van der Waals surface area contributed by atoms with Crippen LogP contribution < -0.4 is 10.2 Å². The average Bonchev–Trinajstić information content (AvgIpc) is 3.39. The molecule has 2 aliphatic heterocycles. The van der Waals surface area contributed by atoms with E-state index in [2.05, 4.69) is 17.4 Å². The van der Waals surface area contributed by atoms with E-state index < -0.39 is 5.54 Å². The van der Waals surface area contributed by atoms with Crippen LogP contribution in [0.4, 0.5) is 10.5 Å². The first-order chi connectivity index (χ1) is 11.2. The molecule has 0 unspecified atom stereocenters. The summed E-state index contributed by atoms with van der Waals surface area (Å²) in [6, 6.07) is 7.82. The van der Waals surface area contributed by atoms with Crippen LogP contribution in [-0.4, -0.2) is 42.0 Å². The molecular formula is C18H23N3O2. The van der Waals surface area contributed by atoms with Crippen molar-refractivity contribution in [3.8, 4) is 0 Å². The molecule has 1 spiro atoms. The second-order valence-electron chi connectivity index (χ2n) is 6.81. The van der Waals surface area contributed by atoms with Gasteiger partial charge in [0, 0.05) is 6.54 Å². The average molecular weight is 313 g/mol. The maximum absolute atomic E-state index is 13.1. The van der Waals surface area contributed by atoms with Crippen LogP contribution in [0, 0.1) is 0 Å². The maximum Gasteiger partial charge on any atom is 0.332 e. The molecule has 5 heteroatoms. The highest BCUT2D eigenvalue weighted by Crippen LogP contribution is 2.42. The minimum absolute atomic E-state index is 0.0509. The molecular weight excluding hydrogens is 290 g/mol. The Hall–Kier alpha value is -1.88. The standard InChI is InChI=1S/C18H23N3O2/c1-2-20-17(23)21(16(22)18(20)9-11-19-12-10-18)15-7-5-14(6-8-15)13-3-4-13/h5-8,13,19H,2-4,9-12H2,1H3. The summed E-state index contributed by atoms with van der Waals surface area (Å²) < 4.78 is 0. The molecule has 1 N–H and O–H groups in total. The van der Waals surface area contributed by atoms with E-state index in [4.69, 9.17) is 0 Å². The molecule has 1 aromatic rings. The van der Waals surface area contributed by atoms with Crippen molar-refractivity contribution in [2.45, 2.75) is 44.1 Å². The Bertz CT molecular complexity index is 630. The van der Waals surface area contributed by atoms with E-state index in [-0.39, 0.29) is 11.9 Å². The Kier molecular flexibility index (Phi) is 3.41. The first kappa shape index (κ1) is 14.7. The molecule has 3 fully saturated rings. The number of hydrogen-bond acceptors (Lipinski definition) is 3. The van der Waals surface area contributed by atoms with Crippen molar-refractivity contribution >= 4 is 17.6 Å². The van der Waals surface area contributed by atoms with Gasteiger partial charge in [-0.2, -0.15) is 0 Å². The smallest absolute Gasteiger partial charge is 0.317 e. The van der Waals surface area contributed by atoms with Crippen LogP contribution in [0.15, 0.2) is 24.3 Å². The van der Waals surface area contributed by atoms with Gasteiger partial charge < -0.3 is 10.2 Å². The number of imide groups is 1. The van der Waals surface area contributed by atoms with Crippen molar-refractivity contribution in [1.29, 1.82) is 0 Å². The van der Waals surface area contributed by atoms with Crippen LogP contribution >= 0.6 is 0 Å². The van der Waals surface area contributed by atoms with Crippen LogP contribution in [0.2, 0.25) is 0 Å². The quantitative estimate of drug-likeness (QED) is 0.872. The summed E-state index contributed by atoms with van der Waals surface area (Å²) in [5.41, 5.74) is 1.38. The van der Waals surface area contributed by atoms with Gasteiger partial charge in [-0.15, -0.1) is 0 Å². The van der Waals surface area contributed by atoms with Gasteiger partial charge in [0.15, 0.2) is 0 Å². The molecule has 5 nitrogen and oxygen atoms in total. The summed E-state index contributed by atoms with van der Waals surface area (Å²) in [5.74, 6) is 0.627. The summed E-state index contributed by atoms with van der Waals surface area (Å²) in [5, 5.41) is 3.29. The maximum atomic E-state index is 13.1. The molecule has 0 radical (unpaired) electrons. The van der Waals surface area contributed by atoms with E-state index in [1.807, 2.05) is 19.1 Å². The number of nitrogens with zero attached hydrogens (tertiary/aromatic N) is 2. The summed E-state index contributed by atoms with van der Waals surface area (Å²) >= 11 is 0. The summed E-state index contributed by atoms with van der Waals surface area (Å²) in [6.45, 7) is 4.09. The van der Waals surface area contributed by atoms with Crippen molar-refractivity contribution < 1.29 is 9.59 Å². The number of urea groups is 1. The van der Waals surface area contributed by atoms with E-state index in [1.54, 1.807) is 4.90 Å². The lowest BCUT2D eigenvalue weighted by atomic mass is 9.86. The van der Waals surface area contributed by atoms with Crippen molar-refractivity contribution in [2.24, 2.45) is 0 Å². The third kappa shape index (κ3) is 2.17. The topological polar surface area (TPSA) is 52.7 Å². The Balaban J connectivity index is 1.67. The highest BCUT2D eigenvalue weighted by Gasteiger charge is 2.57. The number of piperidine rings is 1. The molecule has 1 saturated carbocycles. The second-order valence-corrected chi connectivity index (χ2v) is 6.81. The third-order valence-electron chi connectivity index (χ3n) is 5.49. The number of carbonyl (C=O) groups is 2. The summed E-state index contributed by atoms with van der Waals surface area (Å²) in [7, 11) is 0. The monoisotopic (exact) mass is 313 g/mol. The predicted octanol–water partition coefficient (Wildman–Crippen LogP) is 2.47. The number of amides is 3. The number of nitrogens with one attached hydrogen (secondary N) is 1. The first-order valence-corrected chi connectivity index (χ1v) is 8.64. The second kappa shape index (κ2) is 5.34. The Morgan fingerprint density at radius 2 is 1.78 bits per heavy atom. The van der Waals surface area contributed by atoms with E-state index in [9.17, 15) is 9.59 Å². The van der Waals surface area contributed by atoms with Crippen molar-refractivity contribution in [1.82, 2.24) is 10.2 Å². The van der Waals surface area contributed by atoms with Gasteiger partial charge in [-0.1, -0.05) is 12.1 Å². The highest BCUT2D eigenvalue weighted by molar-refractivity contribution is 6.23. The van der Waals surface area contributed by atoms with E-state index >= 15 is 0 Å². The Morgan fingerprint density at radius 1 is 1.13 bits per heavy atom. The lowest BCUT2D eigenvalue weighted by Crippen LogP contribution is -2.55. The molecule has 23 heavy (non-hydrogen) atoms. The van der Waals surface area contributed by atoms with Crippen LogP contribution in [0.5, 0.6) is 0 Å². The van der Waals surface area contributed by atoms with Crippen LogP contribution in [0.25, 0.3) is 0 Å². The fraction of sp³-hybridized carbons (Fsp3) is 0.556. The molecule has 122 valence electrons. The zero-order valence-electron chi connectivity index (χ0n) is 13.5. The van der Waals surface area contributed by atoms with Gasteiger partial charge in [0.2, 0.25) is 0 Å². The number of anilines is 1. The molecule has 0 bridgehead atoms.